The number of carbonyl (C=O) groups excluding carboxylic acids is 2. The second-order valence-corrected chi connectivity index (χ2v) is 7.90. The third kappa shape index (κ3) is 3.82. The number of anilines is 1. The van der Waals surface area contributed by atoms with Gasteiger partial charge in [0.05, 0.1) is 11.3 Å². The maximum absolute atomic E-state index is 13.8. The fraction of sp³-hybridized carbons (Fsp3) is 0.185. The zero-order valence-electron chi connectivity index (χ0n) is 18.4. The summed E-state index contributed by atoms with van der Waals surface area (Å²) in [5.41, 5.74) is 4.65. The summed E-state index contributed by atoms with van der Waals surface area (Å²) >= 11 is 0. The lowest BCUT2D eigenvalue weighted by molar-refractivity contribution is -0.120. The van der Waals surface area contributed by atoms with Gasteiger partial charge in [-0.2, -0.15) is 0 Å². The van der Waals surface area contributed by atoms with Crippen LogP contribution < -0.4 is 4.90 Å². The highest BCUT2D eigenvalue weighted by Crippen LogP contribution is 2.37. The van der Waals surface area contributed by atoms with Gasteiger partial charge in [-0.25, -0.2) is 9.29 Å². The number of imide groups is 1. The highest BCUT2D eigenvalue weighted by molar-refractivity contribution is 6.45. The molecule has 4 nitrogen and oxygen atoms in total. The van der Waals surface area contributed by atoms with Crippen LogP contribution in [0.15, 0.2) is 78.5 Å². The van der Waals surface area contributed by atoms with Crippen molar-refractivity contribution in [2.45, 2.75) is 27.3 Å². The van der Waals surface area contributed by atoms with E-state index in [1.165, 1.54) is 17.0 Å². The van der Waals surface area contributed by atoms with Crippen molar-refractivity contribution >= 4 is 23.1 Å². The molecule has 3 aromatic carbocycles. The van der Waals surface area contributed by atoms with Crippen LogP contribution >= 0.6 is 0 Å². The zero-order chi connectivity index (χ0) is 22.8. The summed E-state index contributed by atoms with van der Waals surface area (Å²) in [6.07, 6.45) is 0. The van der Waals surface area contributed by atoms with Crippen LogP contribution in [0.25, 0.3) is 5.57 Å². The van der Waals surface area contributed by atoms with Crippen molar-refractivity contribution in [1.82, 2.24) is 4.90 Å². The number of amides is 2. The Morgan fingerprint density at radius 1 is 0.844 bits per heavy atom. The van der Waals surface area contributed by atoms with E-state index >= 15 is 0 Å². The van der Waals surface area contributed by atoms with Crippen LogP contribution in [-0.2, 0) is 16.1 Å². The smallest absolute Gasteiger partial charge is 0.282 e. The highest BCUT2D eigenvalue weighted by atomic mass is 19.1. The molecule has 0 spiro atoms. The monoisotopic (exact) mass is 428 g/mol. The van der Waals surface area contributed by atoms with Crippen LogP contribution in [0, 0.1) is 19.7 Å². The SMILES string of the molecule is CCN(Cc1ccccc1)C1=C(c2ccc(F)cc2)C(=O)N(c2cccc(C)c2C)C1=O. The first-order valence-corrected chi connectivity index (χ1v) is 10.7. The minimum Gasteiger partial charge on any atom is -0.362 e. The first kappa shape index (κ1) is 21.5. The fourth-order valence-corrected chi connectivity index (χ4v) is 4.04. The number of benzene rings is 3. The molecule has 3 aromatic rings. The average Bonchev–Trinajstić information content (AvgIpc) is 3.05. The van der Waals surface area contributed by atoms with Crippen molar-refractivity contribution in [1.29, 1.82) is 0 Å². The van der Waals surface area contributed by atoms with Gasteiger partial charge in [-0.1, -0.05) is 54.6 Å². The molecule has 0 saturated heterocycles. The van der Waals surface area contributed by atoms with E-state index in [4.69, 9.17) is 0 Å². The van der Waals surface area contributed by atoms with E-state index in [9.17, 15) is 14.0 Å². The molecule has 162 valence electrons. The maximum atomic E-state index is 13.8. The van der Waals surface area contributed by atoms with Crippen LogP contribution in [-0.4, -0.2) is 23.3 Å². The van der Waals surface area contributed by atoms with Gasteiger partial charge in [0.2, 0.25) is 0 Å². The van der Waals surface area contributed by atoms with Gasteiger partial charge in [0, 0.05) is 13.1 Å². The number of hydrogen-bond donors (Lipinski definition) is 0. The van der Waals surface area contributed by atoms with Crippen molar-refractivity contribution in [2.24, 2.45) is 0 Å². The summed E-state index contributed by atoms with van der Waals surface area (Å²) in [6, 6.07) is 21.1. The number of rotatable bonds is 6. The molecule has 5 heteroatoms. The number of halogens is 1. The van der Waals surface area contributed by atoms with E-state index in [-0.39, 0.29) is 5.91 Å². The number of hydrogen-bond acceptors (Lipinski definition) is 3. The lowest BCUT2D eigenvalue weighted by atomic mass is 10.0. The predicted octanol–water partition coefficient (Wildman–Crippen LogP) is 5.25. The van der Waals surface area contributed by atoms with Crippen molar-refractivity contribution in [3.63, 3.8) is 0 Å². The van der Waals surface area contributed by atoms with E-state index < -0.39 is 11.7 Å². The molecule has 0 unspecified atom stereocenters. The molecule has 1 aliphatic rings. The third-order valence-corrected chi connectivity index (χ3v) is 5.92. The van der Waals surface area contributed by atoms with Gasteiger partial charge < -0.3 is 4.90 Å². The molecule has 0 bridgehead atoms. The number of aryl methyl sites for hydroxylation is 1. The van der Waals surface area contributed by atoms with Gasteiger partial charge >= 0.3 is 0 Å². The second kappa shape index (κ2) is 8.79. The quantitative estimate of drug-likeness (QED) is 0.504. The van der Waals surface area contributed by atoms with Crippen molar-refractivity contribution in [2.75, 3.05) is 11.4 Å². The molecular formula is C27H25FN2O2. The molecule has 1 heterocycles. The minimum absolute atomic E-state index is 0.300. The number of carbonyl (C=O) groups is 2. The molecule has 0 N–H and O–H groups in total. The van der Waals surface area contributed by atoms with E-state index in [0.29, 0.717) is 35.6 Å². The van der Waals surface area contributed by atoms with Crippen LogP contribution in [0.3, 0.4) is 0 Å². The Labute approximate surface area is 187 Å². The normalized spacial score (nSPS) is 13.8. The Hall–Kier alpha value is -3.73. The van der Waals surface area contributed by atoms with Gasteiger partial charge in [-0.05, 0) is 61.2 Å². The number of nitrogens with zero attached hydrogens (tertiary/aromatic N) is 2. The molecule has 1 aliphatic heterocycles. The standard InChI is InChI=1S/C27H25FN2O2/c1-4-29(17-20-10-6-5-7-11-20)25-24(21-13-15-22(28)16-14-21)26(31)30(27(25)32)23-12-8-9-18(2)19(23)3/h5-16H,4,17H2,1-3H3. The first-order valence-electron chi connectivity index (χ1n) is 10.7. The molecule has 4 rings (SSSR count). The van der Waals surface area contributed by atoms with E-state index in [1.807, 2.05) is 68.1 Å². The van der Waals surface area contributed by atoms with E-state index in [1.54, 1.807) is 18.2 Å². The summed E-state index contributed by atoms with van der Waals surface area (Å²) in [4.78, 5) is 30.6. The molecule has 32 heavy (non-hydrogen) atoms. The summed E-state index contributed by atoms with van der Waals surface area (Å²) in [6.45, 7) is 6.83. The van der Waals surface area contributed by atoms with Crippen LogP contribution in [0.1, 0.15) is 29.2 Å². The molecule has 0 saturated carbocycles. The first-order chi connectivity index (χ1) is 15.4. The van der Waals surface area contributed by atoms with Crippen molar-refractivity contribution in [3.8, 4) is 0 Å². The van der Waals surface area contributed by atoms with E-state index in [2.05, 4.69) is 0 Å². The predicted molar refractivity (Wildman–Crippen MR) is 124 cm³/mol. The Morgan fingerprint density at radius 3 is 2.19 bits per heavy atom. The van der Waals surface area contributed by atoms with Gasteiger partial charge in [0.15, 0.2) is 0 Å². The van der Waals surface area contributed by atoms with Gasteiger partial charge in [0.25, 0.3) is 11.8 Å². The summed E-state index contributed by atoms with van der Waals surface area (Å²) in [7, 11) is 0. The van der Waals surface area contributed by atoms with Gasteiger partial charge in [-0.15, -0.1) is 0 Å². The summed E-state index contributed by atoms with van der Waals surface area (Å²) in [5, 5.41) is 0. The molecular weight excluding hydrogens is 403 g/mol. The molecule has 0 atom stereocenters. The zero-order valence-corrected chi connectivity index (χ0v) is 18.4. The van der Waals surface area contributed by atoms with E-state index in [0.717, 1.165) is 16.7 Å². The van der Waals surface area contributed by atoms with Crippen LogP contribution in [0.2, 0.25) is 0 Å². The van der Waals surface area contributed by atoms with Gasteiger partial charge in [-0.3, -0.25) is 9.59 Å². The Morgan fingerprint density at radius 2 is 1.53 bits per heavy atom. The summed E-state index contributed by atoms with van der Waals surface area (Å²) < 4.78 is 13.6. The van der Waals surface area contributed by atoms with Crippen LogP contribution in [0.5, 0.6) is 0 Å². The Kier molecular flexibility index (Phi) is 5.91. The average molecular weight is 429 g/mol. The van der Waals surface area contributed by atoms with Gasteiger partial charge in [0.1, 0.15) is 11.5 Å². The summed E-state index contributed by atoms with van der Waals surface area (Å²) in [5.74, 6) is -1.15. The van der Waals surface area contributed by atoms with Crippen LogP contribution in [0.4, 0.5) is 10.1 Å². The molecule has 0 aliphatic carbocycles. The molecule has 0 fully saturated rings. The lowest BCUT2D eigenvalue weighted by Gasteiger charge is -2.25. The fourth-order valence-electron chi connectivity index (χ4n) is 4.04. The van der Waals surface area contributed by atoms with Crippen molar-refractivity contribution < 1.29 is 14.0 Å². The molecule has 0 radical (unpaired) electrons. The maximum Gasteiger partial charge on any atom is 0.282 e. The second-order valence-electron chi connectivity index (χ2n) is 7.90. The largest absolute Gasteiger partial charge is 0.362 e. The number of likely N-dealkylation sites (N-methyl/N-ethyl adjacent to an activating group) is 1. The Balaban J connectivity index is 1.86. The minimum atomic E-state index is -0.393. The Bertz CT molecular complexity index is 1200. The lowest BCUT2D eigenvalue weighted by Crippen LogP contribution is -2.35. The molecule has 0 aromatic heterocycles. The highest BCUT2D eigenvalue weighted by Gasteiger charge is 2.42. The third-order valence-electron chi connectivity index (χ3n) is 5.92. The topological polar surface area (TPSA) is 40.6 Å². The van der Waals surface area contributed by atoms with Crippen molar-refractivity contribution in [3.05, 3.63) is 107 Å². The molecule has 2 amide bonds.